The van der Waals surface area contributed by atoms with Gasteiger partial charge in [0.1, 0.15) is 0 Å². The average molecular weight is 346 g/mol. The fourth-order valence-electron chi connectivity index (χ4n) is 2.17. The Morgan fingerprint density at radius 2 is 1.62 bits per heavy atom. The molecular weight excluding hydrogens is 322 g/mol. The van der Waals surface area contributed by atoms with Crippen molar-refractivity contribution in [3.05, 3.63) is 65.7 Å². The molecule has 0 heterocycles. The van der Waals surface area contributed by atoms with Gasteiger partial charge in [0.15, 0.2) is 0 Å². The van der Waals surface area contributed by atoms with Crippen molar-refractivity contribution in [2.75, 3.05) is 0 Å². The number of carbonyl (C=O) groups excluding carboxylic acids is 1. The fraction of sp³-hybridized carbons (Fsp3) is 0.263. The van der Waals surface area contributed by atoms with Crippen molar-refractivity contribution >= 4 is 30.0 Å². The predicted molar refractivity (Wildman–Crippen MR) is 102 cm³/mol. The quantitative estimate of drug-likeness (QED) is 0.657. The number of nitrogens with one attached hydrogen (secondary N) is 1. The molecule has 2 aromatic carbocycles. The third-order valence-corrected chi connectivity index (χ3v) is 3.46. The largest absolute Gasteiger partial charge is 0.369 e. The van der Waals surface area contributed by atoms with Gasteiger partial charge in [-0.2, -0.15) is 0 Å². The van der Waals surface area contributed by atoms with Gasteiger partial charge in [0.2, 0.25) is 11.9 Å². The average Bonchev–Trinajstić information content (AvgIpc) is 2.47. The molecule has 4 nitrogen and oxygen atoms in total. The minimum absolute atomic E-state index is 0. The van der Waals surface area contributed by atoms with E-state index in [1.807, 2.05) is 54.6 Å². The lowest BCUT2D eigenvalue weighted by Gasteiger charge is -2.18. The number of benzene rings is 2. The number of aliphatic imine (C=N–C) groups is 1. The number of guanidine groups is 1. The van der Waals surface area contributed by atoms with E-state index in [0.29, 0.717) is 0 Å². The Balaban J connectivity index is 0.00000288. The lowest BCUT2D eigenvalue weighted by atomic mass is 9.87. The van der Waals surface area contributed by atoms with Crippen LogP contribution in [0.1, 0.15) is 31.9 Å². The summed E-state index contributed by atoms with van der Waals surface area (Å²) >= 11 is 0. The van der Waals surface area contributed by atoms with Gasteiger partial charge >= 0.3 is 0 Å². The Labute approximate surface area is 149 Å². The third-order valence-electron chi connectivity index (χ3n) is 3.46. The van der Waals surface area contributed by atoms with Crippen molar-refractivity contribution in [3.8, 4) is 0 Å². The molecule has 0 aromatic heterocycles. The Bertz CT molecular complexity index is 689. The van der Waals surface area contributed by atoms with Gasteiger partial charge in [0.05, 0.1) is 12.1 Å². The first kappa shape index (κ1) is 19.7. The normalized spacial score (nSPS) is 11.5. The first-order chi connectivity index (χ1) is 10.8. The number of halogens is 1. The van der Waals surface area contributed by atoms with Gasteiger partial charge in [-0.3, -0.25) is 10.1 Å². The standard InChI is InChI=1S/C19H23N3O.ClH/c1-19(2,3)15-9-11-16(12-10-15)21-18(20)22-17(23)13-14-7-5-4-6-8-14;/h4-12H,13H2,1-3H3,(H3,20,21,22,23);1H. The van der Waals surface area contributed by atoms with Crippen molar-refractivity contribution in [2.45, 2.75) is 32.6 Å². The van der Waals surface area contributed by atoms with Crippen molar-refractivity contribution in [3.63, 3.8) is 0 Å². The van der Waals surface area contributed by atoms with Gasteiger partial charge in [0, 0.05) is 0 Å². The van der Waals surface area contributed by atoms with E-state index in [0.717, 1.165) is 11.3 Å². The SMILES string of the molecule is CC(C)(C)c1ccc(N=C(N)NC(=O)Cc2ccccc2)cc1.Cl. The number of nitrogens with zero attached hydrogens (tertiary/aromatic N) is 1. The minimum atomic E-state index is -0.177. The third kappa shape index (κ3) is 6.05. The van der Waals surface area contributed by atoms with Crippen LogP contribution in [0.3, 0.4) is 0 Å². The van der Waals surface area contributed by atoms with E-state index in [-0.39, 0.29) is 36.1 Å². The van der Waals surface area contributed by atoms with E-state index in [9.17, 15) is 4.79 Å². The molecule has 0 saturated heterocycles. The van der Waals surface area contributed by atoms with E-state index in [1.54, 1.807) is 0 Å². The zero-order chi connectivity index (χ0) is 16.9. The number of hydrogen-bond donors (Lipinski definition) is 2. The zero-order valence-corrected chi connectivity index (χ0v) is 15.1. The van der Waals surface area contributed by atoms with E-state index in [4.69, 9.17) is 5.73 Å². The highest BCUT2D eigenvalue weighted by Crippen LogP contribution is 2.24. The van der Waals surface area contributed by atoms with Crippen molar-refractivity contribution in [1.29, 1.82) is 0 Å². The molecule has 0 fully saturated rings. The first-order valence-corrected chi connectivity index (χ1v) is 7.63. The second kappa shape index (κ2) is 8.50. The summed E-state index contributed by atoms with van der Waals surface area (Å²) in [5.74, 6) is -0.0711. The highest BCUT2D eigenvalue weighted by molar-refractivity contribution is 5.97. The van der Waals surface area contributed by atoms with Gasteiger partial charge in [-0.25, -0.2) is 4.99 Å². The molecule has 2 rings (SSSR count). The van der Waals surface area contributed by atoms with E-state index in [1.165, 1.54) is 5.56 Å². The number of nitrogens with two attached hydrogens (primary N) is 1. The smallest absolute Gasteiger partial charge is 0.231 e. The van der Waals surface area contributed by atoms with Crippen LogP contribution in [0.15, 0.2) is 59.6 Å². The highest BCUT2D eigenvalue weighted by Gasteiger charge is 2.12. The number of hydrogen-bond acceptors (Lipinski definition) is 2. The molecule has 0 atom stereocenters. The van der Waals surface area contributed by atoms with Crippen molar-refractivity contribution in [1.82, 2.24) is 5.32 Å². The maximum absolute atomic E-state index is 11.9. The van der Waals surface area contributed by atoms with E-state index >= 15 is 0 Å². The topological polar surface area (TPSA) is 67.5 Å². The first-order valence-electron chi connectivity index (χ1n) is 7.63. The second-order valence-electron chi connectivity index (χ2n) is 6.50. The van der Waals surface area contributed by atoms with Gasteiger partial charge < -0.3 is 5.73 Å². The molecule has 3 N–H and O–H groups in total. The Morgan fingerprint density at radius 3 is 2.17 bits per heavy atom. The molecule has 0 bridgehead atoms. The molecule has 0 spiro atoms. The predicted octanol–water partition coefficient (Wildman–Crippen LogP) is 3.71. The molecule has 2 aromatic rings. The summed E-state index contributed by atoms with van der Waals surface area (Å²) in [5, 5.41) is 2.61. The van der Waals surface area contributed by atoms with Gasteiger partial charge in [-0.05, 0) is 28.7 Å². The summed E-state index contributed by atoms with van der Waals surface area (Å²) in [5.41, 5.74) is 8.78. The maximum Gasteiger partial charge on any atom is 0.231 e. The van der Waals surface area contributed by atoms with Gasteiger partial charge in [-0.1, -0.05) is 63.2 Å². The maximum atomic E-state index is 11.9. The number of rotatable bonds is 3. The highest BCUT2D eigenvalue weighted by atomic mass is 35.5. The molecular formula is C19H24ClN3O. The molecule has 1 amide bonds. The van der Waals surface area contributed by atoms with E-state index in [2.05, 4.69) is 31.1 Å². The van der Waals surface area contributed by atoms with Crippen LogP contribution in [-0.4, -0.2) is 11.9 Å². The van der Waals surface area contributed by atoms with Crippen LogP contribution in [0.4, 0.5) is 5.69 Å². The second-order valence-corrected chi connectivity index (χ2v) is 6.50. The monoisotopic (exact) mass is 345 g/mol. The summed E-state index contributed by atoms with van der Waals surface area (Å²) in [6, 6.07) is 17.4. The van der Waals surface area contributed by atoms with Crippen LogP contribution in [0.25, 0.3) is 0 Å². The molecule has 0 aliphatic heterocycles. The fourth-order valence-corrected chi connectivity index (χ4v) is 2.17. The summed E-state index contributed by atoms with van der Waals surface area (Å²) in [6.45, 7) is 6.47. The van der Waals surface area contributed by atoms with Crippen LogP contribution in [0, 0.1) is 0 Å². The molecule has 24 heavy (non-hydrogen) atoms. The summed E-state index contributed by atoms with van der Waals surface area (Å²) < 4.78 is 0. The summed E-state index contributed by atoms with van der Waals surface area (Å²) in [6.07, 6.45) is 0.278. The lowest BCUT2D eigenvalue weighted by molar-refractivity contribution is -0.119. The van der Waals surface area contributed by atoms with Crippen LogP contribution in [0.5, 0.6) is 0 Å². The summed E-state index contributed by atoms with van der Waals surface area (Å²) in [4.78, 5) is 16.2. The lowest BCUT2D eigenvalue weighted by Crippen LogP contribution is -2.37. The van der Waals surface area contributed by atoms with Gasteiger partial charge in [-0.15, -0.1) is 12.4 Å². The number of carbonyl (C=O) groups is 1. The van der Waals surface area contributed by atoms with Crippen LogP contribution < -0.4 is 11.1 Å². The molecule has 5 heteroatoms. The molecule has 128 valence electrons. The minimum Gasteiger partial charge on any atom is -0.369 e. The molecule has 0 radical (unpaired) electrons. The van der Waals surface area contributed by atoms with E-state index < -0.39 is 0 Å². The molecule has 0 aliphatic carbocycles. The summed E-state index contributed by atoms with van der Waals surface area (Å²) in [7, 11) is 0. The Morgan fingerprint density at radius 1 is 1.04 bits per heavy atom. The molecule has 0 saturated carbocycles. The van der Waals surface area contributed by atoms with Crippen molar-refractivity contribution in [2.24, 2.45) is 10.7 Å². The number of amides is 1. The molecule has 0 aliphatic rings. The van der Waals surface area contributed by atoms with Crippen LogP contribution >= 0.6 is 12.4 Å². The molecule has 0 unspecified atom stereocenters. The van der Waals surface area contributed by atoms with Crippen molar-refractivity contribution < 1.29 is 4.79 Å². The van der Waals surface area contributed by atoms with Crippen LogP contribution in [0.2, 0.25) is 0 Å². The zero-order valence-electron chi connectivity index (χ0n) is 14.2. The van der Waals surface area contributed by atoms with Gasteiger partial charge in [0.25, 0.3) is 0 Å². The Hall–Kier alpha value is -2.33. The Kier molecular flexibility index (Phi) is 6.98. The van der Waals surface area contributed by atoms with Crippen LogP contribution in [-0.2, 0) is 16.6 Å².